The molecule has 9 nitrogen and oxygen atoms in total. The Labute approximate surface area is 209 Å². The van der Waals surface area contributed by atoms with Crippen LogP contribution in [-0.4, -0.2) is 31.7 Å². The van der Waals surface area contributed by atoms with Crippen LogP contribution in [0.15, 0.2) is 53.5 Å². The molecule has 0 unspecified atom stereocenters. The van der Waals surface area contributed by atoms with Gasteiger partial charge in [0.2, 0.25) is 5.91 Å². The molecular weight excluding hydrogens is 522 g/mol. The van der Waals surface area contributed by atoms with Crippen molar-refractivity contribution >= 4 is 61.7 Å². The van der Waals surface area contributed by atoms with E-state index in [0.717, 1.165) is 26.5 Å². The number of anilines is 2. The maximum atomic E-state index is 12.6. The van der Waals surface area contributed by atoms with Gasteiger partial charge in [-0.05, 0) is 36.8 Å². The summed E-state index contributed by atoms with van der Waals surface area (Å²) in [6, 6.07) is 6.94. The van der Waals surface area contributed by atoms with Crippen LogP contribution in [0.25, 0.3) is 16.7 Å². The number of hydrogen-bond acceptors (Lipinski definition) is 5. The second-order valence-electron chi connectivity index (χ2n) is 7.49. The van der Waals surface area contributed by atoms with Crippen molar-refractivity contribution < 1.29 is 9.59 Å². The summed E-state index contributed by atoms with van der Waals surface area (Å²) in [5, 5.41) is 13.8. The van der Waals surface area contributed by atoms with Crippen molar-refractivity contribution in [2.45, 2.75) is 26.8 Å². The maximum Gasteiger partial charge on any atom is 0.323 e. The molecule has 0 aliphatic rings. The fourth-order valence-electron chi connectivity index (χ4n) is 3.27. The van der Waals surface area contributed by atoms with E-state index in [2.05, 4.69) is 46.9 Å². The molecule has 0 fully saturated rings. The summed E-state index contributed by atoms with van der Waals surface area (Å²) in [6.45, 7) is 4.08. The van der Waals surface area contributed by atoms with Gasteiger partial charge in [0.25, 0.3) is 0 Å². The number of carbonyl (C=O) groups is 2. The minimum absolute atomic E-state index is 0.0415. The van der Waals surface area contributed by atoms with Crippen LogP contribution in [0.5, 0.6) is 0 Å². The van der Waals surface area contributed by atoms with Gasteiger partial charge >= 0.3 is 6.03 Å². The van der Waals surface area contributed by atoms with Crippen LogP contribution in [0.2, 0.25) is 5.02 Å². The number of fused-ring (bicyclic) bond motifs is 1. The highest BCUT2D eigenvalue weighted by molar-refractivity contribution is 9.10. The predicted octanol–water partition coefficient (Wildman–Crippen LogP) is 5.21. The average Bonchev–Trinajstić information content (AvgIpc) is 3.28. The first-order valence-corrected chi connectivity index (χ1v) is 11.6. The number of hydrogen-bond donors (Lipinski definition) is 3. The van der Waals surface area contributed by atoms with Crippen molar-refractivity contribution in [3.63, 3.8) is 0 Å². The SMILES string of the molecule is CCC(=O)NCc1cnn(-c2ncc(NC(=O)Nc3cnc4ccc(Br)cc4c3C)cc2Cl)c1. The Balaban J connectivity index is 1.44. The van der Waals surface area contributed by atoms with Crippen molar-refractivity contribution in [3.05, 3.63) is 69.7 Å². The molecule has 0 atom stereocenters. The minimum atomic E-state index is -0.446. The number of halogens is 2. The topological polar surface area (TPSA) is 114 Å². The summed E-state index contributed by atoms with van der Waals surface area (Å²) in [6.07, 6.45) is 6.89. The van der Waals surface area contributed by atoms with Crippen LogP contribution in [0.4, 0.5) is 16.2 Å². The standard InChI is InChI=1S/C23H21BrClN7O2/c1-3-21(33)27-8-14-9-29-32(12-14)22-18(25)7-16(10-28-22)30-23(34)31-20-11-26-19-5-4-15(24)6-17(19)13(20)2/h4-7,9-12H,3,8H2,1-2H3,(H,27,33)(H2,30,31,34). The zero-order valence-corrected chi connectivity index (χ0v) is 20.7. The lowest BCUT2D eigenvalue weighted by atomic mass is 10.1. The second-order valence-corrected chi connectivity index (χ2v) is 8.81. The van der Waals surface area contributed by atoms with E-state index in [9.17, 15) is 9.59 Å². The van der Waals surface area contributed by atoms with Gasteiger partial charge in [0.1, 0.15) is 0 Å². The van der Waals surface area contributed by atoms with Gasteiger partial charge in [-0.15, -0.1) is 0 Å². The van der Waals surface area contributed by atoms with Gasteiger partial charge in [0.15, 0.2) is 5.82 Å². The number of benzene rings is 1. The Hall–Kier alpha value is -3.50. The smallest absolute Gasteiger partial charge is 0.323 e. The van der Waals surface area contributed by atoms with Crippen LogP contribution in [-0.2, 0) is 11.3 Å². The molecule has 174 valence electrons. The Morgan fingerprint density at radius 3 is 2.71 bits per heavy atom. The number of aromatic nitrogens is 4. The fraction of sp³-hybridized carbons (Fsp3) is 0.174. The first-order chi connectivity index (χ1) is 16.3. The highest BCUT2D eigenvalue weighted by atomic mass is 79.9. The van der Waals surface area contributed by atoms with Crippen LogP contribution >= 0.6 is 27.5 Å². The molecule has 0 saturated carbocycles. The molecular formula is C23H21BrClN7O2. The summed E-state index contributed by atoms with van der Waals surface area (Å²) in [5.74, 6) is 0.362. The van der Waals surface area contributed by atoms with E-state index in [-0.39, 0.29) is 5.91 Å². The molecule has 11 heteroatoms. The van der Waals surface area contributed by atoms with Crippen LogP contribution < -0.4 is 16.0 Å². The van der Waals surface area contributed by atoms with Gasteiger partial charge in [-0.3, -0.25) is 9.78 Å². The molecule has 0 aliphatic heterocycles. The molecule has 3 aromatic heterocycles. The average molecular weight is 543 g/mol. The number of nitrogens with one attached hydrogen (secondary N) is 3. The van der Waals surface area contributed by atoms with E-state index in [1.807, 2.05) is 25.1 Å². The number of rotatable bonds is 6. The molecule has 1 aromatic carbocycles. The molecule has 3 amide bonds. The lowest BCUT2D eigenvalue weighted by Crippen LogP contribution is -2.21. The Kier molecular flexibility index (Phi) is 7.09. The van der Waals surface area contributed by atoms with E-state index in [4.69, 9.17) is 11.6 Å². The molecule has 0 radical (unpaired) electrons. The molecule has 0 aliphatic carbocycles. The highest BCUT2D eigenvalue weighted by Crippen LogP contribution is 2.27. The van der Waals surface area contributed by atoms with Gasteiger partial charge < -0.3 is 16.0 Å². The van der Waals surface area contributed by atoms with Crippen molar-refractivity contribution in [1.29, 1.82) is 0 Å². The second kappa shape index (κ2) is 10.2. The number of aryl methyl sites for hydroxylation is 1. The van der Waals surface area contributed by atoms with Gasteiger partial charge in [0.05, 0.1) is 40.5 Å². The highest BCUT2D eigenvalue weighted by Gasteiger charge is 2.12. The van der Waals surface area contributed by atoms with E-state index in [1.165, 1.54) is 10.9 Å². The third-order valence-electron chi connectivity index (χ3n) is 5.09. The minimum Gasteiger partial charge on any atom is -0.352 e. The summed E-state index contributed by atoms with van der Waals surface area (Å²) in [7, 11) is 0. The van der Waals surface area contributed by atoms with Gasteiger partial charge in [0, 0.05) is 34.6 Å². The van der Waals surface area contributed by atoms with Crippen molar-refractivity contribution in [2.24, 2.45) is 0 Å². The molecule has 4 rings (SSSR count). The lowest BCUT2D eigenvalue weighted by Gasteiger charge is -2.12. The zero-order chi connectivity index (χ0) is 24.2. The summed E-state index contributed by atoms with van der Waals surface area (Å²) in [4.78, 5) is 32.7. The summed E-state index contributed by atoms with van der Waals surface area (Å²) < 4.78 is 2.45. The number of carbonyl (C=O) groups excluding carboxylic acids is 2. The predicted molar refractivity (Wildman–Crippen MR) is 135 cm³/mol. The van der Waals surface area contributed by atoms with E-state index < -0.39 is 6.03 Å². The van der Waals surface area contributed by atoms with Crippen LogP contribution in [0.1, 0.15) is 24.5 Å². The maximum absolute atomic E-state index is 12.6. The normalized spacial score (nSPS) is 10.8. The Morgan fingerprint density at radius 2 is 1.94 bits per heavy atom. The van der Waals surface area contributed by atoms with E-state index in [1.54, 1.807) is 31.6 Å². The van der Waals surface area contributed by atoms with Crippen molar-refractivity contribution in [2.75, 3.05) is 10.6 Å². The third-order valence-corrected chi connectivity index (χ3v) is 5.86. The largest absolute Gasteiger partial charge is 0.352 e. The summed E-state index contributed by atoms with van der Waals surface area (Å²) >= 11 is 9.86. The van der Waals surface area contributed by atoms with E-state index >= 15 is 0 Å². The molecule has 3 N–H and O–H groups in total. The van der Waals surface area contributed by atoms with Crippen molar-refractivity contribution in [3.8, 4) is 5.82 Å². The first kappa shape index (κ1) is 23.7. The Morgan fingerprint density at radius 1 is 1.12 bits per heavy atom. The monoisotopic (exact) mass is 541 g/mol. The number of pyridine rings is 2. The fourth-order valence-corrected chi connectivity index (χ4v) is 3.88. The molecule has 3 heterocycles. The van der Waals surface area contributed by atoms with E-state index in [0.29, 0.717) is 35.2 Å². The third kappa shape index (κ3) is 5.35. The number of nitrogens with zero attached hydrogens (tertiary/aromatic N) is 4. The van der Waals surface area contributed by atoms with Gasteiger partial charge in [-0.1, -0.05) is 34.5 Å². The van der Waals surface area contributed by atoms with Gasteiger partial charge in [-0.25, -0.2) is 14.5 Å². The molecule has 0 saturated heterocycles. The van der Waals surface area contributed by atoms with Crippen molar-refractivity contribution in [1.82, 2.24) is 25.1 Å². The molecule has 0 spiro atoms. The van der Waals surface area contributed by atoms with Crippen LogP contribution in [0, 0.1) is 6.92 Å². The lowest BCUT2D eigenvalue weighted by molar-refractivity contribution is -0.120. The zero-order valence-electron chi connectivity index (χ0n) is 18.4. The number of urea groups is 1. The molecule has 0 bridgehead atoms. The first-order valence-electron chi connectivity index (χ1n) is 10.4. The summed E-state index contributed by atoms with van der Waals surface area (Å²) in [5.41, 5.74) is 3.57. The molecule has 34 heavy (non-hydrogen) atoms. The molecule has 4 aromatic rings. The van der Waals surface area contributed by atoms with Gasteiger partial charge in [-0.2, -0.15) is 5.10 Å². The van der Waals surface area contributed by atoms with Crippen LogP contribution in [0.3, 0.4) is 0 Å². The Bertz CT molecular complexity index is 1390. The quantitative estimate of drug-likeness (QED) is 0.309. The number of amides is 3.